The third-order valence-corrected chi connectivity index (χ3v) is 8.35. The van der Waals surface area contributed by atoms with Crippen LogP contribution in [0.3, 0.4) is 0 Å². The van der Waals surface area contributed by atoms with E-state index in [0.29, 0.717) is 17.1 Å². The molecule has 184 valence electrons. The molecule has 0 heterocycles. The monoisotopic (exact) mass is 558 g/mol. The maximum absolute atomic E-state index is 10.8. The predicted molar refractivity (Wildman–Crippen MR) is 152 cm³/mol. The number of methoxy groups -OCH3 is 1. The summed E-state index contributed by atoms with van der Waals surface area (Å²) in [6.45, 7) is 0. The fraction of sp³-hybridized carbons (Fsp3) is 0.125. The van der Waals surface area contributed by atoms with Crippen LogP contribution in [0.5, 0.6) is 17.2 Å². The molecule has 0 aliphatic heterocycles. The van der Waals surface area contributed by atoms with Gasteiger partial charge in [-0.1, -0.05) is 9.56 Å². The first-order valence-electron chi connectivity index (χ1n) is 10.5. The maximum atomic E-state index is 10.8. The average Bonchev–Trinajstić information content (AvgIpc) is 2.91. The van der Waals surface area contributed by atoms with Crippen molar-refractivity contribution in [1.29, 1.82) is 0 Å². The van der Waals surface area contributed by atoms with Crippen LogP contribution in [0.25, 0.3) is 0 Å². The fourth-order valence-electron chi connectivity index (χ4n) is 2.60. The molecule has 0 amide bonds. The van der Waals surface area contributed by atoms with Gasteiger partial charge in [-0.25, -0.2) is 0 Å². The van der Waals surface area contributed by atoms with Crippen LogP contribution >= 0.6 is 14.1 Å². The van der Waals surface area contributed by atoms with Crippen molar-refractivity contribution in [2.75, 3.05) is 21.2 Å². The molecule has 0 saturated heterocycles. The molecule has 0 saturated carbocycles. The van der Waals surface area contributed by atoms with Crippen molar-refractivity contribution in [1.82, 2.24) is 9.56 Å². The molecule has 0 fully saturated rings. The third kappa shape index (κ3) is 8.43. The van der Waals surface area contributed by atoms with Crippen molar-refractivity contribution >= 4 is 56.5 Å². The highest BCUT2D eigenvalue weighted by atomic mass is 32.4. The minimum atomic E-state index is -1.41. The number of carbonyl (C=O) groups excluding carboxylic acids is 1. The zero-order valence-electron chi connectivity index (χ0n) is 19.8. The number of nitrogens with zero attached hydrogens (tertiary/aromatic N) is 4. The predicted octanol–water partition coefficient (Wildman–Crippen LogP) is 5.74. The zero-order chi connectivity index (χ0) is 25.9. The van der Waals surface area contributed by atoms with Gasteiger partial charge in [-0.05, 0) is 83.9 Å². The lowest BCUT2D eigenvalue weighted by molar-refractivity contribution is 0.112. The molecule has 3 aromatic rings. The summed E-state index contributed by atoms with van der Waals surface area (Å²) in [5.41, 5.74) is 2.37. The molecule has 0 aliphatic rings. The lowest BCUT2D eigenvalue weighted by Gasteiger charge is -2.03. The van der Waals surface area contributed by atoms with Crippen LogP contribution in [-0.2, 0) is 23.6 Å². The molecule has 0 aliphatic carbocycles. The Hall–Kier alpha value is -3.29. The second-order valence-corrected chi connectivity index (χ2v) is 11.5. The normalized spacial score (nSPS) is 11.8. The van der Waals surface area contributed by atoms with Gasteiger partial charge in [-0.15, -0.1) is 10.2 Å². The van der Waals surface area contributed by atoms with E-state index in [9.17, 15) is 4.79 Å². The minimum Gasteiger partial charge on any atom is -0.497 e. The van der Waals surface area contributed by atoms with E-state index >= 15 is 0 Å². The molecule has 8 nitrogen and oxygen atoms in total. The van der Waals surface area contributed by atoms with Gasteiger partial charge in [0, 0.05) is 5.56 Å². The lowest BCUT2D eigenvalue weighted by atomic mass is 10.2. The summed E-state index contributed by atoms with van der Waals surface area (Å²) >= 11 is 10.9. The molecule has 0 spiro atoms. The van der Waals surface area contributed by atoms with Gasteiger partial charge in [0.05, 0.1) is 33.6 Å². The van der Waals surface area contributed by atoms with Crippen LogP contribution in [0.15, 0.2) is 83.0 Å². The van der Waals surface area contributed by atoms with Crippen LogP contribution in [-0.4, -0.2) is 49.5 Å². The van der Waals surface area contributed by atoms with E-state index in [2.05, 4.69) is 10.2 Å². The Bertz CT molecular complexity index is 1250. The Morgan fingerprint density at radius 1 is 0.667 bits per heavy atom. The summed E-state index contributed by atoms with van der Waals surface area (Å²) in [6, 6.07) is 21.7. The maximum Gasteiger partial charge on any atom is 0.540 e. The van der Waals surface area contributed by atoms with Gasteiger partial charge in [0.1, 0.15) is 12.0 Å². The quantitative estimate of drug-likeness (QED) is 0.121. The molecule has 0 N–H and O–H groups in total. The van der Waals surface area contributed by atoms with E-state index in [0.717, 1.165) is 23.2 Å². The number of hydrogen-bond donors (Lipinski definition) is 0. The van der Waals surface area contributed by atoms with Gasteiger partial charge in [-0.3, -0.25) is 13.8 Å². The SMILES string of the molecule is COc1ccc(/C=N\N(C)[P+](=S)Oc2ccc(/C=N\N(C)[P+](=S)Oc3ccc(C=O)cc3)cc2)cc1. The second-order valence-electron chi connectivity index (χ2n) is 7.16. The standard InChI is InChI=1S/C24H24N4O4P2S2/c1-27(25-16-19-4-10-22(30-3)11-5-19)33(35)31-23-12-6-20(7-13-23)17-26-28(2)34(36)32-24-14-8-21(18-29)9-15-24/h4-18H,1-3H3/q+2/b25-16-,26-17-. The van der Waals surface area contributed by atoms with E-state index in [4.69, 9.17) is 37.4 Å². The van der Waals surface area contributed by atoms with Gasteiger partial charge >= 0.3 is 14.1 Å². The summed E-state index contributed by atoms with van der Waals surface area (Å²) < 4.78 is 20.0. The Morgan fingerprint density at radius 2 is 1.03 bits per heavy atom. The molecule has 0 radical (unpaired) electrons. The van der Waals surface area contributed by atoms with Crippen LogP contribution in [0.2, 0.25) is 0 Å². The molecule has 2 atom stereocenters. The lowest BCUT2D eigenvalue weighted by Crippen LogP contribution is -2.04. The van der Waals surface area contributed by atoms with E-state index < -0.39 is 14.1 Å². The minimum absolute atomic E-state index is 0.575. The van der Waals surface area contributed by atoms with Gasteiger partial charge < -0.3 is 4.74 Å². The smallest absolute Gasteiger partial charge is 0.497 e. The molecular weight excluding hydrogens is 534 g/mol. The van der Waals surface area contributed by atoms with Crippen LogP contribution < -0.4 is 13.8 Å². The summed E-state index contributed by atoms with van der Waals surface area (Å²) in [7, 11) is 2.37. The molecule has 36 heavy (non-hydrogen) atoms. The summed E-state index contributed by atoms with van der Waals surface area (Å²) in [6.07, 6.45) is 4.18. The number of hydrogen-bond acceptors (Lipinski definition) is 8. The number of benzene rings is 3. The number of carbonyl (C=O) groups is 1. The van der Waals surface area contributed by atoms with Crippen molar-refractivity contribution in [2.24, 2.45) is 10.2 Å². The van der Waals surface area contributed by atoms with Crippen LogP contribution in [0, 0.1) is 0 Å². The van der Waals surface area contributed by atoms with Gasteiger partial charge in [0.15, 0.2) is 11.5 Å². The first-order chi connectivity index (χ1) is 17.4. The van der Waals surface area contributed by atoms with Crippen LogP contribution in [0.1, 0.15) is 21.5 Å². The van der Waals surface area contributed by atoms with Gasteiger partial charge in [0.25, 0.3) is 0 Å². The number of ether oxygens (including phenoxy) is 1. The molecule has 3 rings (SSSR count). The first-order valence-corrected chi connectivity index (χ1v) is 15.0. The fourth-order valence-corrected chi connectivity index (χ4v) is 4.48. The van der Waals surface area contributed by atoms with Crippen molar-refractivity contribution in [3.05, 3.63) is 89.5 Å². The number of aldehydes is 1. The van der Waals surface area contributed by atoms with E-state index in [1.165, 1.54) is 0 Å². The first kappa shape index (κ1) is 27.3. The van der Waals surface area contributed by atoms with Crippen molar-refractivity contribution in [3.63, 3.8) is 0 Å². The summed E-state index contributed by atoms with van der Waals surface area (Å²) in [5.74, 6) is 2.01. The average molecular weight is 559 g/mol. The Labute approximate surface area is 222 Å². The zero-order valence-corrected chi connectivity index (χ0v) is 23.2. The van der Waals surface area contributed by atoms with Crippen LogP contribution in [0.4, 0.5) is 0 Å². The summed E-state index contributed by atoms with van der Waals surface area (Å²) in [5, 5.41) is 8.74. The molecule has 0 bridgehead atoms. The van der Waals surface area contributed by atoms with E-state index in [1.807, 2.05) is 48.5 Å². The Balaban J connectivity index is 1.50. The largest absolute Gasteiger partial charge is 0.540 e. The highest BCUT2D eigenvalue weighted by Crippen LogP contribution is 2.31. The molecule has 2 unspecified atom stereocenters. The molecule has 0 aromatic heterocycles. The van der Waals surface area contributed by atoms with E-state index in [1.54, 1.807) is 67.5 Å². The summed E-state index contributed by atoms with van der Waals surface area (Å²) in [4.78, 5) is 10.8. The van der Waals surface area contributed by atoms with Gasteiger partial charge in [-0.2, -0.15) is 0 Å². The Kier molecular flexibility index (Phi) is 10.4. The van der Waals surface area contributed by atoms with E-state index in [-0.39, 0.29) is 0 Å². The third-order valence-electron chi connectivity index (χ3n) is 4.60. The highest BCUT2D eigenvalue weighted by molar-refractivity contribution is 8.02. The van der Waals surface area contributed by atoms with Crippen molar-refractivity contribution in [3.8, 4) is 17.2 Å². The van der Waals surface area contributed by atoms with Crippen molar-refractivity contribution in [2.45, 2.75) is 0 Å². The number of rotatable bonds is 12. The Morgan fingerprint density at radius 3 is 1.39 bits per heavy atom. The molecular formula is C24H24N4O4P2S2+2. The number of hydrazone groups is 2. The topological polar surface area (TPSA) is 76.0 Å². The van der Waals surface area contributed by atoms with Gasteiger partial charge in [0.2, 0.25) is 23.6 Å². The second kappa shape index (κ2) is 13.7. The highest BCUT2D eigenvalue weighted by Gasteiger charge is 2.21. The molecule has 3 aromatic carbocycles. The molecule has 12 heteroatoms. The van der Waals surface area contributed by atoms with Crippen molar-refractivity contribution < 1.29 is 18.6 Å².